The zero-order chi connectivity index (χ0) is 33.3. The van der Waals surface area contributed by atoms with Crippen molar-refractivity contribution < 1.29 is 37.0 Å². The number of aryl methyl sites for hydroxylation is 1. The summed E-state index contributed by atoms with van der Waals surface area (Å²) in [4.78, 5) is 14.8. The number of phenolic OH excluding ortho intramolecular Hbond substituents is 1. The number of Topliss-reactive ketones (excluding diaryl/α,β-unsaturated/α-hetero) is 1. The Hall–Kier alpha value is -1.74. The predicted molar refractivity (Wildman–Crippen MR) is 169 cm³/mol. The molecule has 3 unspecified atom stereocenters. The van der Waals surface area contributed by atoms with Crippen LogP contribution in [0.5, 0.6) is 5.75 Å². The van der Waals surface area contributed by atoms with E-state index in [1.54, 1.807) is 0 Å². The Kier molecular flexibility index (Phi) is 10.8. The van der Waals surface area contributed by atoms with Crippen molar-refractivity contribution in [2.24, 2.45) is 29.1 Å². The minimum atomic E-state index is -5.45. The molecule has 5 rings (SSSR count). The van der Waals surface area contributed by atoms with Crippen LogP contribution >= 0.6 is 0 Å². The summed E-state index contributed by atoms with van der Waals surface area (Å²) in [5.41, 5.74) is 1.55. The van der Waals surface area contributed by atoms with Gasteiger partial charge in [0.15, 0.2) is 0 Å². The van der Waals surface area contributed by atoms with Crippen LogP contribution in [0.1, 0.15) is 127 Å². The van der Waals surface area contributed by atoms with Crippen molar-refractivity contribution >= 4 is 5.78 Å². The second kappa shape index (κ2) is 14.0. The number of unbranched alkanes of at least 4 members (excludes halogenated alkanes) is 7. The molecular weight excluding hydrogens is 601 g/mol. The summed E-state index contributed by atoms with van der Waals surface area (Å²) in [6.07, 6.45) is 6.48. The molecule has 0 radical (unpaired) electrons. The van der Waals surface area contributed by atoms with E-state index >= 15 is 0 Å². The van der Waals surface area contributed by atoms with Crippen LogP contribution in [-0.2, 0) is 11.2 Å². The van der Waals surface area contributed by atoms with Gasteiger partial charge in [-0.25, -0.2) is 0 Å². The number of hydrogen-bond donors (Lipinski definition) is 2. The summed E-state index contributed by atoms with van der Waals surface area (Å²) in [5.74, 6) is -2.15. The van der Waals surface area contributed by atoms with Gasteiger partial charge >= 0.3 is 12.1 Å². The number of hydrogen-bond acceptors (Lipinski definition) is 4. The molecule has 3 saturated carbocycles. The number of halogens is 5. The Bertz CT molecular complexity index is 1210. The second-order valence-corrected chi connectivity index (χ2v) is 15.6. The molecule has 4 nitrogen and oxygen atoms in total. The lowest BCUT2D eigenvalue weighted by Gasteiger charge is -2.56. The van der Waals surface area contributed by atoms with Crippen molar-refractivity contribution in [3.63, 3.8) is 0 Å². The molecule has 4 aliphatic carbocycles. The average Bonchev–Trinajstić information content (AvgIpc) is 3.39. The normalized spacial score (nSPS) is 32.4. The molecule has 2 N–H and O–H groups in total. The fraction of sp³-hybridized carbons (Fsp3) is 0.811. The maximum Gasteiger partial charge on any atom is 0.453 e. The molecule has 0 bridgehead atoms. The van der Waals surface area contributed by atoms with Crippen LogP contribution in [0.15, 0.2) is 18.2 Å². The predicted octanol–water partition coefficient (Wildman–Crippen LogP) is 9.21. The maximum absolute atomic E-state index is 13.0. The van der Waals surface area contributed by atoms with E-state index < -0.39 is 24.1 Å². The van der Waals surface area contributed by atoms with Gasteiger partial charge in [-0.2, -0.15) is 22.0 Å². The number of aromatic hydroxyl groups is 1. The highest BCUT2D eigenvalue weighted by Crippen LogP contribution is 2.70. The Balaban J connectivity index is 1.06. The van der Waals surface area contributed by atoms with Gasteiger partial charge in [0.1, 0.15) is 11.5 Å². The van der Waals surface area contributed by atoms with Gasteiger partial charge < -0.3 is 15.1 Å². The monoisotopic (exact) mass is 655 g/mol. The van der Waals surface area contributed by atoms with E-state index in [0.29, 0.717) is 55.1 Å². The zero-order valence-electron chi connectivity index (χ0n) is 27.7. The Labute approximate surface area is 271 Å². The van der Waals surface area contributed by atoms with Crippen molar-refractivity contribution in [1.29, 1.82) is 0 Å². The first kappa shape index (κ1) is 35.6. The van der Waals surface area contributed by atoms with Crippen molar-refractivity contribution in [1.82, 2.24) is 4.90 Å². The molecule has 0 saturated heterocycles. The molecule has 7 atom stereocenters. The summed E-state index contributed by atoms with van der Waals surface area (Å²) in [7, 11) is 2.08. The van der Waals surface area contributed by atoms with E-state index in [1.165, 1.54) is 11.1 Å². The average molecular weight is 656 g/mol. The Morgan fingerprint density at radius 3 is 2.30 bits per heavy atom. The number of benzene rings is 1. The SMILES string of the molecule is CN(CCCCCCCC(F)(F)C(F)(F)F)CCCCCC[C@H]1C[C@@]2(C)C(C[C@H]3CC(=O)C[C@]32O)C2CCc3cc(O)ccc3C21. The van der Waals surface area contributed by atoms with Gasteiger partial charge in [-0.1, -0.05) is 51.5 Å². The van der Waals surface area contributed by atoms with Gasteiger partial charge in [0, 0.05) is 24.7 Å². The van der Waals surface area contributed by atoms with Crippen molar-refractivity contribution in [2.45, 2.75) is 140 Å². The molecule has 0 spiro atoms. The molecule has 3 fully saturated rings. The van der Waals surface area contributed by atoms with E-state index in [2.05, 4.69) is 24.9 Å². The van der Waals surface area contributed by atoms with E-state index in [9.17, 15) is 37.0 Å². The molecule has 260 valence electrons. The highest BCUT2D eigenvalue weighted by atomic mass is 19.4. The van der Waals surface area contributed by atoms with E-state index in [0.717, 1.165) is 83.7 Å². The van der Waals surface area contributed by atoms with Gasteiger partial charge in [0.25, 0.3) is 0 Å². The first-order chi connectivity index (χ1) is 21.7. The van der Waals surface area contributed by atoms with Crippen LogP contribution in [0, 0.1) is 29.1 Å². The van der Waals surface area contributed by atoms with E-state index in [1.807, 2.05) is 12.1 Å². The number of phenols is 1. The number of carbonyl (C=O) groups excluding carboxylic acids is 1. The third-order valence-electron chi connectivity index (χ3n) is 12.7. The lowest BCUT2D eigenvalue weighted by atomic mass is 9.49. The van der Waals surface area contributed by atoms with Crippen LogP contribution in [0.3, 0.4) is 0 Å². The van der Waals surface area contributed by atoms with Gasteiger partial charge in [-0.3, -0.25) is 4.79 Å². The maximum atomic E-state index is 13.0. The number of aliphatic hydroxyl groups is 1. The van der Waals surface area contributed by atoms with E-state index in [4.69, 9.17) is 0 Å². The smallest absolute Gasteiger partial charge is 0.453 e. The molecule has 46 heavy (non-hydrogen) atoms. The summed E-state index contributed by atoms with van der Waals surface area (Å²) in [6, 6.07) is 5.92. The molecule has 0 amide bonds. The molecule has 0 heterocycles. The Morgan fingerprint density at radius 2 is 1.61 bits per heavy atom. The molecule has 4 aliphatic rings. The Morgan fingerprint density at radius 1 is 0.957 bits per heavy atom. The number of nitrogens with zero attached hydrogens (tertiary/aromatic N) is 1. The van der Waals surface area contributed by atoms with Crippen LogP contribution in [0.4, 0.5) is 22.0 Å². The summed E-state index contributed by atoms with van der Waals surface area (Å²) >= 11 is 0. The second-order valence-electron chi connectivity index (χ2n) is 15.6. The van der Waals surface area contributed by atoms with Crippen LogP contribution in [-0.4, -0.2) is 58.7 Å². The lowest BCUT2D eigenvalue weighted by Crippen LogP contribution is -2.54. The van der Waals surface area contributed by atoms with Crippen molar-refractivity contribution in [3.05, 3.63) is 29.3 Å². The van der Waals surface area contributed by atoms with Crippen molar-refractivity contribution in [3.8, 4) is 5.75 Å². The number of fused-ring (bicyclic) bond motifs is 7. The summed E-state index contributed by atoms with van der Waals surface area (Å²) < 4.78 is 62.8. The van der Waals surface area contributed by atoms with Gasteiger partial charge in [0.2, 0.25) is 0 Å². The van der Waals surface area contributed by atoms with Crippen LogP contribution < -0.4 is 0 Å². The van der Waals surface area contributed by atoms with Crippen LogP contribution in [0.2, 0.25) is 0 Å². The first-order valence-electron chi connectivity index (χ1n) is 17.9. The first-order valence-corrected chi connectivity index (χ1v) is 17.9. The van der Waals surface area contributed by atoms with Gasteiger partial charge in [0.05, 0.1) is 5.60 Å². The number of ketones is 1. The quantitative estimate of drug-likeness (QED) is 0.146. The standard InChI is InChI=1S/C37H54F5NO3/c1-34-23-26(12-8-4-7-11-19-43(2)18-10-6-3-5-9-17-36(38,39)37(40,41)42)33-30-16-14-28(44)20-25(30)13-15-31(33)32(34)22-27-21-29(45)24-35(27,34)46/h14,16,20,26-27,31-33,44,46H,3-13,15,17-19,21-24H2,1-2H3/t26-,27+,31?,32?,33?,34-,35-/m0/s1. The molecule has 0 aliphatic heterocycles. The summed E-state index contributed by atoms with van der Waals surface area (Å²) in [5, 5.41) is 22.2. The third-order valence-corrected chi connectivity index (χ3v) is 12.7. The zero-order valence-corrected chi connectivity index (χ0v) is 27.7. The third kappa shape index (κ3) is 7.16. The molecular formula is C37H54F5NO3. The summed E-state index contributed by atoms with van der Waals surface area (Å²) in [6.45, 7) is 4.16. The lowest BCUT2D eigenvalue weighted by molar-refractivity contribution is -0.284. The van der Waals surface area contributed by atoms with Crippen molar-refractivity contribution in [2.75, 3.05) is 20.1 Å². The highest BCUT2D eigenvalue weighted by molar-refractivity contribution is 5.83. The molecule has 1 aromatic carbocycles. The fourth-order valence-corrected chi connectivity index (χ4v) is 10.3. The van der Waals surface area contributed by atoms with Gasteiger partial charge in [-0.15, -0.1) is 0 Å². The molecule has 9 heteroatoms. The largest absolute Gasteiger partial charge is 0.508 e. The minimum absolute atomic E-state index is 0.0869. The topological polar surface area (TPSA) is 60.8 Å². The number of carbonyl (C=O) groups is 1. The minimum Gasteiger partial charge on any atom is -0.508 e. The number of alkyl halides is 5. The van der Waals surface area contributed by atoms with Gasteiger partial charge in [-0.05, 0) is 124 Å². The number of rotatable bonds is 15. The fourth-order valence-electron chi connectivity index (χ4n) is 10.3. The molecule has 0 aromatic heterocycles. The molecule has 1 aromatic rings. The highest BCUT2D eigenvalue weighted by Gasteiger charge is 2.69. The van der Waals surface area contributed by atoms with E-state index in [-0.39, 0.29) is 23.5 Å². The van der Waals surface area contributed by atoms with Crippen LogP contribution in [0.25, 0.3) is 0 Å².